The van der Waals surface area contributed by atoms with Gasteiger partial charge in [0.05, 0.1) is 17.1 Å². The molecule has 0 bridgehead atoms. The summed E-state index contributed by atoms with van der Waals surface area (Å²) in [5.41, 5.74) is 12.8. The number of benzene rings is 1. The molecule has 11 heteroatoms. The molecule has 1 aliphatic carbocycles. The molecule has 3 N–H and O–H groups in total. The summed E-state index contributed by atoms with van der Waals surface area (Å²) >= 11 is 0. The first kappa shape index (κ1) is 24.0. The summed E-state index contributed by atoms with van der Waals surface area (Å²) in [6.07, 6.45) is 8.68. The number of nitrogen functional groups attached to an aromatic ring is 1. The highest BCUT2D eigenvalue weighted by Gasteiger charge is 2.27. The Hall–Kier alpha value is -5.84. The van der Waals surface area contributed by atoms with Crippen molar-refractivity contribution in [2.24, 2.45) is 0 Å². The fourth-order valence-electron chi connectivity index (χ4n) is 5.69. The highest BCUT2D eigenvalue weighted by molar-refractivity contribution is 5.94. The molecule has 8 rings (SSSR count). The first-order valence-corrected chi connectivity index (χ1v) is 13.6. The van der Waals surface area contributed by atoms with E-state index in [9.17, 15) is 4.79 Å². The van der Waals surface area contributed by atoms with Crippen molar-refractivity contribution >= 4 is 28.4 Å². The van der Waals surface area contributed by atoms with E-state index in [0.717, 1.165) is 40.7 Å². The Balaban J connectivity index is 1.19. The van der Waals surface area contributed by atoms with E-state index in [1.54, 1.807) is 27.7 Å². The molecule has 0 saturated heterocycles. The van der Waals surface area contributed by atoms with E-state index in [2.05, 4.69) is 32.6 Å². The van der Waals surface area contributed by atoms with Crippen LogP contribution in [0.3, 0.4) is 0 Å². The van der Waals surface area contributed by atoms with Crippen molar-refractivity contribution in [1.82, 2.24) is 44.2 Å². The van der Waals surface area contributed by atoms with Gasteiger partial charge in [-0.25, -0.2) is 24.1 Å². The van der Waals surface area contributed by atoms with Crippen LogP contribution in [-0.4, -0.2) is 44.8 Å². The third-order valence-corrected chi connectivity index (χ3v) is 7.68. The number of nitrogens with zero attached hydrogens (tertiary/aromatic N) is 8. The van der Waals surface area contributed by atoms with E-state index >= 15 is 0 Å². The second-order valence-corrected chi connectivity index (χ2v) is 10.2. The Morgan fingerprint density at radius 3 is 2.76 bits per heavy atom. The summed E-state index contributed by atoms with van der Waals surface area (Å²) in [5, 5.41) is 12.0. The predicted molar refractivity (Wildman–Crippen MR) is 157 cm³/mol. The van der Waals surface area contributed by atoms with Crippen LogP contribution >= 0.6 is 0 Å². The lowest BCUT2D eigenvalue weighted by Crippen LogP contribution is -2.27. The van der Waals surface area contributed by atoms with Crippen molar-refractivity contribution in [2.45, 2.75) is 18.9 Å². The van der Waals surface area contributed by atoms with Gasteiger partial charge in [0.25, 0.3) is 5.91 Å². The Bertz CT molecular complexity index is 2090. The summed E-state index contributed by atoms with van der Waals surface area (Å²) in [6, 6.07) is 23.1. The SMILES string of the molecule is Nc1ncccc1-c1nc2ccc(-n3cccn3)nc2n1-c1ccc2c(c1)CC[C@@H]2NC(=O)c1cc2ccccn2n1. The lowest BCUT2D eigenvalue weighted by atomic mass is 10.1. The first-order valence-electron chi connectivity index (χ1n) is 13.6. The lowest BCUT2D eigenvalue weighted by Gasteiger charge is -2.15. The number of hydrogen-bond donors (Lipinski definition) is 2. The van der Waals surface area contributed by atoms with Crippen LogP contribution in [0.5, 0.6) is 0 Å². The van der Waals surface area contributed by atoms with E-state index in [1.807, 2.05) is 71.6 Å². The highest BCUT2D eigenvalue weighted by Crippen LogP contribution is 2.36. The van der Waals surface area contributed by atoms with Gasteiger partial charge in [-0.15, -0.1) is 0 Å². The number of aromatic nitrogens is 8. The summed E-state index contributed by atoms with van der Waals surface area (Å²) in [6.45, 7) is 0. The average molecular weight is 553 g/mol. The maximum absolute atomic E-state index is 13.1. The van der Waals surface area contributed by atoms with Gasteiger partial charge in [-0.1, -0.05) is 12.1 Å². The van der Waals surface area contributed by atoms with Crippen LogP contribution in [0.25, 0.3) is 39.6 Å². The monoisotopic (exact) mass is 552 g/mol. The minimum absolute atomic E-state index is 0.108. The van der Waals surface area contributed by atoms with Gasteiger partial charge in [0.15, 0.2) is 23.0 Å². The molecule has 0 unspecified atom stereocenters. The Morgan fingerprint density at radius 2 is 1.90 bits per heavy atom. The van der Waals surface area contributed by atoms with E-state index in [-0.39, 0.29) is 11.9 Å². The van der Waals surface area contributed by atoms with Gasteiger partial charge in [0.2, 0.25) is 0 Å². The molecule has 0 spiro atoms. The minimum atomic E-state index is -0.189. The van der Waals surface area contributed by atoms with Crippen LogP contribution in [0.4, 0.5) is 5.82 Å². The molecule has 1 aliphatic rings. The molecule has 204 valence electrons. The quantitative estimate of drug-likeness (QED) is 0.325. The smallest absolute Gasteiger partial charge is 0.272 e. The normalized spacial score (nSPS) is 14.4. The van der Waals surface area contributed by atoms with Gasteiger partial charge in [-0.05, 0) is 84.6 Å². The van der Waals surface area contributed by atoms with Crippen molar-refractivity contribution in [3.63, 3.8) is 0 Å². The number of nitrogens with one attached hydrogen (secondary N) is 1. The molecule has 11 nitrogen and oxygen atoms in total. The van der Waals surface area contributed by atoms with Crippen LogP contribution in [-0.2, 0) is 6.42 Å². The van der Waals surface area contributed by atoms with Crippen molar-refractivity contribution in [3.8, 4) is 22.9 Å². The molecule has 7 aromatic rings. The van der Waals surface area contributed by atoms with Gasteiger partial charge in [0, 0.05) is 30.5 Å². The molecule has 6 heterocycles. The van der Waals surface area contributed by atoms with Crippen molar-refractivity contribution in [1.29, 1.82) is 0 Å². The molecular weight excluding hydrogens is 528 g/mol. The number of amides is 1. The molecule has 1 amide bonds. The Morgan fingerprint density at radius 1 is 0.952 bits per heavy atom. The van der Waals surface area contributed by atoms with E-state index in [1.165, 1.54) is 0 Å². The molecule has 0 fully saturated rings. The maximum atomic E-state index is 13.1. The summed E-state index contributed by atoms with van der Waals surface area (Å²) in [7, 11) is 0. The number of carbonyl (C=O) groups excluding carboxylic acids is 1. The van der Waals surface area contributed by atoms with Crippen LogP contribution in [0.2, 0.25) is 0 Å². The predicted octanol–water partition coefficient (Wildman–Crippen LogP) is 4.32. The summed E-state index contributed by atoms with van der Waals surface area (Å²) in [5.74, 6) is 1.52. The molecule has 6 aromatic heterocycles. The number of pyridine rings is 3. The molecule has 0 aliphatic heterocycles. The fraction of sp³-hybridized carbons (Fsp3) is 0.0968. The molecule has 1 atom stereocenters. The summed E-state index contributed by atoms with van der Waals surface area (Å²) < 4.78 is 5.43. The lowest BCUT2D eigenvalue weighted by molar-refractivity contribution is 0.0931. The van der Waals surface area contributed by atoms with Crippen molar-refractivity contribution in [3.05, 3.63) is 114 Å². The second-order valence-electron chi connectivity index (χ2n) is 10.2. The molecule has 42 heavy (non-hydrogen) atoms. The van der Waals surface area contributed by atoms with Crippen molar-refractivity contribution < 1.29 is 4.79 Å². The van der Waals surface area contributed by atoms with Gasteiger partial charge in [-0.2, -0.15) is 10.2 Å². The van der Waals surface area contributed by atoms with Gasteiger partial charge in [0.1, 0.15) is 11.3 Å². The topological polar surface area (TPSA) is 134 Å². The van der Waals surface area contributed by atoms with Crippen LogP contribution < -0.4 is 11.1 Å². The number of hydrogen-bond acceptors (Lipinski definition) is 7. The van der Waals surface area contributed by atoms with Gasteiger partial charge in [-0.3, -0.25) is 9.36 Å². The number of carbonyl (C=O) groups is 1. The number of rotatable bonds is 5. The Labute approximate surface area is 239 Å². The third-order valence-electron chi connectivity index (χ3n) is 7.68. The van der Waals surface area contributed by atoms with Crippen LogP contribution in [0, 0.1) is 0 Å². The maximum Gasteiger partial charge on any atom is 0.272 e. The summed E-state index contributed by atoms with van der Waals surface area (Å²) in [4.78, 5) is 27.3. The zero-order chi connectivity index (χ0) is 28.2. The number of aryl methyl sites for hydroxylation is 1. The molecular formula is C31H24N10O. The second kappa shape index (κ2) is 9.37. The Kier molecular flexibility index (Phi) is 5.36. The average Bonchev–Trinajstić information content (AvgIpc) is 3.82. The number of imidazole rings is 1. The van der Waals surface area contributed by atoms with Gasteiger partial charge < -0.3 is 11.1 Å². The third kappa shape index (κ3) is 3.90. The zero-order valence-corrected chi connectivity index (χ0v) is 22.3. The van der Waals surface area contributed by atoms with E-state index < -0.39 is 0 Å². The van der Waals surface area contributed by atoms with Crippen LogP contribution in [0.1, 0.15) is 34.1 Å². The fourth-order valence-corrected chi connectivity index (χ4v) is 5.69. The first-order chi connectivity index (χ1) is 20.6. The van der Waals surface area contributed by atoms with Crippen LogP contribution in [0.15, 0.2) is 97.6 Å². The van der Waals surface area contributed by atoms with E-state index in [0.29, 0.717) is 34.4 Å². The van der Waals surface area contributed by atoms with Gasteiger partial charge >= 0.3 is 0 Å². The minimum Gasteiger partial charge on any atom is -0.383 e. The molecule has 1 aromatic carbocycles. The highest BCUT2D eigenvalue weighted by atomic mass is 16.2. The standard InChI is InChI=1S/C31H24N10O/c32-28-23(6-3-13-33-28)29-35-25-11-12-27(40-16-4-14-34-40)37-30(25)41(29)21-8-9-22-19(17-21)7-10-24(22)36-31(42)26-18-20-5-1-2-15-39(20)38-26/h1-6,8-9,11-18,24H,7,10H2,(H2,32,33)(H,36,42)/t24-/m0/s1. The van der Waals surface area contributed by atoms with Crippen molar-refractivity contribution in [2.75, 3.05) is 5.73 Å². The number of fused-ring (bicyclic) bond motifs is 3. The zero-order valence-electron chi connectivity index (χ0n) is 22.3. The number of anilines is 1. The number of nitrogens with two attached hydrogens (primary N) is 1. The molecule has 0 radical (unpaired) electrons. The van der Waals surface area contributed by atoms with E-state index in [4.69, 9.17) is 15.7 Å². The molecule has 0 saturated carbocycles. The largest absolute Gasteiger partial charge is 0.383 e.